The number of hydrogen-bond acceptors (Lipinski definition) is 8. The second-order valence-corrected chi connectivity index (χ2v) is 15.5. The van der Waals surface area contributed by atoms with E-state index in [9.17, 15) is 20.1 Å². The number of aryl methyl sites for hydroxylation is 1. The molecule has 2 aliphatic rings. The largest absolute Gasteiger partial charge is 0.493 e. The lowest BCUT2D eigenvalue weighted by molar-refractivity contribution is -0.145. The third-order valence-corrected chi connectivity index (χ3v) is 11.4. The van der Waals surface area contributed by atoms with Gasteiger partial charge in [0.25, 0.3) is 0 Å². The van der Waals surface area contributed by atoms with Crippen LogP contribution in [0.15, 0.2) is 60.7 Å². The number of fused-ring (bicyclic) bond motifs is 2. The van der Waals surface area contributed by atoms with E-state index in [1.54, 1.807) is 12.1 Å². The molecule has 0 unspecified atom stereocenters. The summed E-state index contributed by atoms with van der Waals surface area (Å²) in [5.74, 6) is 1.42. The molecule has 0 saturated carbocycles. The van der Waals surface area contributed by atoms with Crippen LogP contribution >= 0.6 is 23.2 Å². The van der Waals surface area contributed by atoms with Crippen LogP contribution in [0, 0.1) is 5.92 Å². The van der Waals surface area contributed by atoms with Crippen LogP contribution in [0.4, 0.5) is 0 Å². The van der Waals surface area contributed by atoms with Gasteiger partial charge in [0.05, 0.1) is 29.9 Å². The monoisotopic (exact) mass is 791 g/mol. The maximum Gasteiger partial charge on any atom is 0.326 e. The number of aliphatic hydroxyl groups excluding tert-OH is 2. The zero-order valence-electron chi connectivity index (χ0n) is 31.9. The number of carboxylic acids is 1. The lowest BCUT2D eigenvalue weighted by atomic mass is 9.91. The Labute approximate surface area is 333 Å². The van der Waals surface area contributed by atoms with Gasteiger partial charge in [-0.1, -0.05) is 66.5 Å². The molecule has 294 valence electrons. The van der Waals surface area contributed by atoms with Crippen LogP contribution in [0.5, 0.6) is 23.0 Å². The van der Waals surface area contributed by atoms with Crippen molar-refractivity contribution in [1.82, 2.24) is 5.32 Å². The van der Waals surface area contributed by atoms with Crippen molar-refractivity contribution in [1.29, 1.82) is 0 Å². The molecule has 11 heteroatoms. The third-order valence-electron chi connectivity index (χ3n) is 10.8. The van der Waals surface area contributed by atoms with E-state index in [4.69, 9.17) is 42.1 Å². The molecule has 0 aromatic heterocycles. The zero-order valence-corrected chi connectivity index (χ0v) is 33.4. The summed E-state index contributed by atoms with van der Waals surface area (Å²) in [6, 6.07) is 20.2. The quantitative estimate of drug-likeness (QED) is 0.0781. The van der Waals surface area contributed by atoms with Crippen LogP contribution < -0.4 is 24.3 Å². The van der Waals surface area contributed by atoms with Crippen molar-refractivity contribution in [2.75, 3.05) is 26.4 Å². The van der Waals surface area contributed by atoms with Gasteiger partial charge >= 0.3 is 5.97 Å². The van der Waals surface area contributed by atoms with Crippen LogP contribution in [-0.4, -0.2) is 53.3 Å². The fraction of sp³-hybridized carbons (Fsp3) is 0.432. The number of carboxylic acid groups (broad SMARTS) is 1. The molecule has 55 heavy (non-hydrogen) atoms. The molecular weight excluding hydrogens is 741 g/mol. The van der Waals surface area contributed by atoms with Crippen molar-refractivity contribution in [3.8, 4) is 34.1 Å². The van der Waals surface area contributed by atoms with Crippen molar-refractivity contribution in [2.24, 2.45) is 5.92 Å². The summed E-state index contributed by atoms with van der Waals surface area (Å²) in [5.41, 5.74) is 7.33. The van der Waals surface area contributed by atoms with Crippen LogP contribution in [0.25, 0.3) is 11.1 Å². The van der Waals surface area contributed by atoms with Gasteiger partial charge in [0.15, 0.2) is 0 Å². The van der Waals surface area contributed by atoms with Crippen molar-refractivity contribution in [2.45, 2.75) is 90.5 Å². The van der Waals surface area contributed by atoms with E-state index in [-0.39, 0.29) is 31.3 Å². The number of halogens is 2. The number of carbonyl (C=O) groups is 1. The molecular formula is C44H51Cl2NO8. The van der Waals surface area contributed by atoms with Gasteiger partial charge in [-0.3, -0.25) is 10.1 Å². The third kappa shape index (κ3) is 8.87. The molecule has 0 saturated heterocycles. The van der Waals surface area contributed by atoms with Crippen LogP contribution in [0.1, 0.15) is 92.5 Å². The minimum absolute atomic E-state index is 0.126. The molecule has 4 aromatic rings. The number of hydrogen-bond donors (Lipinski definition) is 4. The molecule has 0 fully saturated rings. The van der Waals surface area contributed by atoms with Crippen LogP contribution in [0.2, 0.25) is 10.0 Å². The fourth-order valence-electron chi connectivity index (χ4n) is 7.52. The molecule has 0 spiro atoms. The summed E-state index contributed by atoms with van der Waals surface area (Å²) in [5, 5.41) is 32.6. The Morgan fingerprint density at radius 2 is 1.33 bits per heavy atom. The Hall–Kier alpha value is -3.99. The standard InChI is InChI=1S/C44H51Cl2NO8/c1-5-52-39-21-41(35(45)19-27(39)14-13-26(3)24-48)54-37-17-15-31-29(9-7-11-33(31)37)30-10-8-12-34-32(30)16-18-38(34)55-42-22-40(53-6-2)28(20-36(42)46)23-47-44(4,25-49)43(50)51/h7-12,19-22,26,37-38,47-49H,5-6,13-18,23-25H2,1-4H3,(H,50,51)/t26-,37+,38+,44+/m1/s1. The van der Waals surface area contributed by atoms with Gasteiger partial charge in [-0.15, -0.1) is 0 Å². The summed E-state index contributed by atoms with van der Waals surface area (Å²) in [6.45, 7) is 7.91. The first-order valence-corrected chi connectivity index (χ1v) is 19.9. The number of aliphatic carboxylic acids is 1. The highest BCUT2D eigenvalue weighted by Gasteiger charge is 2.34. The molecule has 0 aliphatic heterocycles. The van der Waals surface area contributed by atoms with E-state index >= 15 is 0 Å². The molecule has 6 rings (SSSR count). The van der Waals surface area contributed by atoms with E-state index in [0.29, 0.717) is 46.1 Å². The van der Waals surface area contributed by atoms with E-state index in [2.05, 4.69) is 41.7 Å². The van der Waals surface area contributed by atoms with Gasteiger partial charge in [0.2, 0.25) is 0 Å². The average Bonchev–Trinajstić information content (AvgIpc) is 3.79. The van der Waals surface area contributed by atoms with Crippen molar-refractivity contribution in [3.63, 3.8) is 0 Å². The maximum atomic E-state index is 11.7. The number of nitrogens with one attached hydrogen (secondary N) is 1. The minimum Gasteiger partial charge on any atom is -0.493 e. The van der Waals surface area contributed by atoms with Gasteiger partial charge in [-0.2, -0.15) is 0 Å². The predicted octanol–water partition coefficient (Wildman–Crippen LogP) is 9.08. The highest BCUT2D eigenvalue weighted by Crippen LogP contribution is 2.47. The van der Waals surface area contributed by atoms with Gasteiger partial charge in [0.1, 0.15) is 40.7 Å². The average molecular weight is 793 g/mol. The zero-order chi connectivity index (χ0) is 39.3. The first-order chi connectivity index (χ1) is 26.5. The molecule has 2 aliphatic carbocycles. The van der Waals surface area contributed by atoms with Gasteiger partial charge < -0.3 is 34.3 Å². The minimum atomic E-state index is -1.52. The highest BCUT2D eigenvalue weighted by molar-refractivity contribution is 6.32. The van der Waals surface area contributed by atoms with Gasteiger partial charge in [-0.25, -0.2) is 0 Å². The van der Waals surface area contributed by atoms with E-state index in [1.165, 1.54) is 29.2 Å². The molecule has 0 amide bonds. The summed E-state index contributed by atoms with van der Waals surface area (Å²) in [7, 11) is 0. The SMILES string of the molecule is CCOc1cc(O[C@H]2CCc3c(-c4cccc5c4CC[C@@H]5Oc4cc(OCC)c(CN[C@@](C)(CO)C(=O)O)cc4Cl)cccc32)c(Cl)cc1CC[C@@H](C)CO. The molecule has 4 N–H and O–H groups in total. The number of rotatable bonds is 18. The van der Waals surface area contributed by atoms with Gasteiger partial charge in [0, 0.05) is 30.8 Å². The fourth-order valence-corrected chi connectivity index (χ4v) is 7.98. The van der Waals surface area contributed by atoms with Gasteiger partial charge in [-0.05, 0) is 116 Å². The van der Waals surface area contributed by atoms with Crippen LogP contribution in [0.3, 0.4) is 0 Å². The Morgan fingerprint density at radius 3 is 1.80 bits per heavy atom. The topological polar surface area (TPSA) is 127 Å². The van der Waals surface area contributed by atoms with Crippen molar-refractivity contribution >= 4 is 29.2 Å². The highest BCUT2D eigenvalue weighted by atomic mass is 35.5. The Kier molecular flexibility index (Phi) is 13.2. The molecule has 0 radical (unpaired) electrons. The Balaban J connectivity index is 1.22. The smallest absolute Gasteiger partial charge is 0.326 e. The summed E-state index contributed by atoms with van der Waals surface area (Å²) >= 11 is 13.6. The molecule has 9 nitrogen and oxygen atoms in total. The first kappa shape index (κ1) is 40.7. The van der Waals surface area contributed by atoms with Crippen molar-refractivity contribution in [3.05, 3.63) is 104 Å². The Morgan fingerprint density at radius 1 is 0.818 bits per heavy atom. The summed E-state index contributed by atoms with van der Waals surface area (Å²) in [6.07, 6.45) is 4.52. The first-order valence-electron chi connectivity index (χ1n) is 19.2. The number of benzene rings is 4. The molecule has 0 heterocycles. The second kappa shape index (κ2) is 17.9. The second-order valence-electron chi connectivity index (χ2n) is 14.7. The molecule has 0 bridgehead atoms. The predicted molar refractivity (Wildman–Crippen MR) is 215 cm³/mol. The normalized spacial score (nSPS) is 17.6. The van der Waals surface area contributed by atoms with Crippen LogP contribution in [-0.2, 0) is 30.6 Å². The van der Waals surface area contributed by atoms with Crippen molar-refractivity contribution < 1.29 is 39.1 Å². The molecule has 4 aromatic carbocycles. The molecule has 4 atom stereocenters. The number of ether oxygens (including phenoxy) is 4. The maximum absolute atomic E-state index is 11.7. The van der Waals surface area contributed by atoms with E-state index in [0.717, 1.165) is 61.0 Å². The lowest BCUT2D eigenvalue weighted by Gasteiger charge is -2.25. The Bertz CT molecular complexity index is 2000. The van der Waals surface area contributed by atoms with E-state index < -0.39 is 18.1 Å². The number of aliphatic hydroxyl groups is 2. The summed E-state index contributed by atoms with van der Waals surface area (Å²) in [4.78, 5) is 11.7. The summed E-state index contributed by atoms with van der Waals surface area (Å²) < 4.78 is 25.2. The van der Waals surface area contributed by atoms with E-state index in [1.807, 2.05) is 32.9 Å². The lowest BCUT2D eigenvalue weighted by Crippen LogP contribution is -2.52.